The normalized spacial score (nSPS) is 11.8. The Labute approximate surface area is 335 Å². The lowest BCUT2D eigenvalue weighted by Gasteiger charge is -2.20. The van der Waals surface area contributed by atoms with Gasteiger partial charge in [-0.3, -0.25) is 0 Å². The molecular formula is C56H36N2. The summed E-state index contributed by atoms with van der Waals surface area (Å²) in [6.07, 6.45) is 0. The van der Waals surface area contributed by atoms with Gasteiger partial charge in [-0.1, -0.05) is 182 Å². The molecule has 270 valence electrons. The van der Waals surface area contributed by atoms with Gasteiger partial charge >= 0.3 is 0 Å². The molecule has 0 saturated heterocycles. The first-order chi connectivity index (χ1) is 28.8. The highest BCUT2D eigenvalue weighted by Crippen LogP contribution is 2.48. The molecular weight excluding hydrogens is 701 g/mol. The van der Waals surface area contributed by atoms with Crippen molar-refractivity contribution < 1.29 is 0 Å². The molecule has 2 heteroatoms. The van der Waals surface area contributed by atoms with Crippen LogP contribution in [0.2, 0.25) is 0 Å². The number of aromatic amines is 1. The summed E-state index contributed by atoms with van der Waals surface area (Å²) in [4.78, 5) is 3.81. The number of rotatable bonds is 5. The van der Waals surface area contributed by atoms with Crippen LogP contribution in [0, 0.1) is 0 Å². The van der Waals surface area contributed by atoms with E-state index in [1.807, 2.05) is 0 Å². The molecule has 0 radical (unpaired) electrons. The molecule has 2 heterocycles. The zero-order valence-corrected chi connectivity index (χ0v) is 31.7. The van der Waals surface area contributed by atoms with E-state index in [9.17, 15) is 0 Å². The fourth-order valence-corrected chi connectivity index (χ4v) is 9.68. The summed E-state index contributed by atoms with van der Waals surface area (Å²) in [5.74, 6) is 0. The Morgan fingerprint density at radius 3 is 1.59 bits per heavy atom. The van der Waals surface area contributed by atoms with Crippen molar-refractivity contribution >= 4 is 65.2 Å². The maximum atomic E-state index is 3.81. The first-order valence-corrected chi connectivity index (χ1v) is 20.0. The van der Waals surface area contributed by atoms with Gasteiger partial charge in [0.05, 0.1) is 16.6 Å². The molecule has 2 nitrogen and oxygen atoms in total. The second-order valence-corrected chi connectivity index (χ2v) is 15.3. The minimum atomic E-state index is 1.15. The first kappa shape index (κ1) is 32.6. The van der Waals surface area contributed by atoms with Gasteiger partial charge < -0.3 is 9.55 Å². The maximum Gasteiger partial charge on any atom is 0.0619 e. The third-order valence-corrected chi connectivity index (χ3v) is 12.2. The highest BCUT2D eigenvalue weighted by atomic mass is 15.0. The molecule has 58 heavy (non-hydrogen) atoms. The zero-order chi connectivity index (χ0) is 38.2. The molecule has 12 aromatic rings. The average Bonchev–Trinajstić information content (AvgIpc) is 3.85. The van der Waals surface area contributed by atoms with Crippen LogP contribution in [0.1, 0.15) is 0 Å². The van der Waals surface area contributed by atoms with Crippen LogP contribution in [0.3, 0.4) is 0 Å². The molecule has 0 unspecified atom stereocenters. The van der Waals surface area contributed by atoms with Crippen LogP contribution >= 0.6 is 0 Å². The van der Waals surface area contributed by atoms with Crippen molar-refractivity contribution in [2.45, 2.75) is 0 Å². The molecule has 0 saturated carbocycles. The molecule has 12 rings (SSSR count). The summed E-state index contributed by atoms with van der Waals surface area (Å²) >= 11 is 0. The molecule has 0 spiro atoms. The number of H-pyrrole nitrogens is 1. The molecule has 10 aromatic carbocycles. The zero-order valence-electron chi connectivity index (χ0n) is 31.7. The van der Waals surface area contributed by atoms with Gasteiger partial charge in [0, 0.05) is 43.9 Å². The molecule has 0 bridgehead atoms. The van der Waals surface area contributed by atoms with Gasteiger partial charge in [-0.2, -0.15) is 0 Å². The van der Waals surface area contributed by atoms with Crippen LogP contribution in [0.25, 0.3) is 115 Å². The van der Waals surface area contributed by atoms with E-state index in [4.69, 9.17) is 0 Å². The molecule has 0 aliphatic rings. The molecule has 0 aliphatic heterocycles. The van der Waals surface area contributed by atoms with Crippen LogP contribution < -0.4 is 0 Å². The van der Waals surface area contributed by atoms with Crippen LogP contribution in [0.15, 0.2) is 212 Å². The number of nitrogens with zero attached hydrogens (tertiary/aromatic N) is 1. The van der Waals surface area contributed by atoms with Gasteiger partial charge in [-0.25, -0.2) is 0 Å². The van der Waals surface area contributed by atoms with Gasteiger partial charge in [0.1, 0.15) is 0 Å². The Kier molecular flexibility index (Phi) is 7.26. The Bertz CT molecular complexity index is 3550. The number of aromatic nitrogens is 2. The van der Waals surface area contributed by atoms with Crippen LogP contribution in [0.4, 0.5) is 0 Å². The number of hydrogen-bond donors (Lipinski definition) is 1. The smallest absolute Gasteiger partial charge is 0.0619 e. The predicted octanol–water partition coefficient (Wildman–Crippen LogP) is 15.4. The Morgan fingerprint density at radius 2 is 0.828 bits per heavy atom. The van der Waals surface area contributed by atoms with Crippen molar-refractivity contribution in [2.75, 3.05) is 0 Å². The minimum Gasteiger partial charge on any atom is -0.354 e. The Hall–Kier alpha value is -7.68. The number of nitrogens with one attached hydrogen (secondary N) is 1. The van der Waals surface area contributed by atoms with Gasteiger partial charge in [0.2, 0.25) is 0 Å². The standard InChI is InChI=1S/C56H36N2/c1-3-17-36(18-4-1)38-21-7-8-24-43(38)54-44-27-13-25-39(46-29-15-30-47-41-22-9-11-33-52(41)57-55(46)47)50(44)35-51-40(26-14-28-45(51)54)48-31-16-32-49-42-23-10-12-34-53(42)58(56(48)49)37-19-5-2-6-20-37/h1-35,57H. The second kappa shape index (κ2) is 12.9. The van der Waals surface area contributed by atoms with Gasteiger partial charge in [0.25, 0.3) is 0 Å². The van der Waals surface area contributed by atoms with E-state index >= 15 is 0 Å². The number of fused-ring (bicyclic) bond motifs is 8. The molecule has 0 aliphatic carbocycles. The number of hydrogen-bond acceptors (Lipinski definition) is 0. The monoisotopic (exact) mass is 736 g/mol. The molecule has 1 N–H and O–H groups in total. The lowest BCUT2D eigenvalue weighted by Crippen LogP contribution is -1.96. The van der Waals surface area contributed by atoms with E-state index in [-0.39, 0.29) is 0 Å². The van der Waals surface area contributed by atoms with Crippen molar-refractivity contribution in [3.05, 3.63) is 212 Å². The fraction of sp³-hybridized carbons (Fsp3) is 0. The average molecular weight is 737 g/mol. The Balaban J connectivity index is 1.24. The van der Waals surface area contributed by atoms with Crippen molar-refractivity contribution in [3.63, 3.8) is 0 Å². The van der Waals surface area contributed by atoms with E-state index in [0.717, 1.165) is 16.7 Å². The molecule has 0 amide bonds. The summed E-state index contributed by atoms with van der Waals surface area (Å²) in [7, 11) is 0. The minimum absolute atomic E-state index is 1.15. The van der Waals surface area contributed by atoms with E-state index in [1.54, 1.807) is 0 Å². The molecule has 0 fully saturated rings. The quantitative estimate of drug-likeness (QED) is 0.170. The van der Waals surface area contributed by atoms with Crippen LogP contribution in [-0.2, 0) is 0 Å². The fourth-order valence-electron chi connectivity index (χ4n) is 9.68. The summed E-state index contributed by atoms with van der Waals surface area (Å²) in [6.45, 7) is 0. The van der Waals surface area contributed by atoms with Crippen LogP contribution in [0.5, 0.6) is 0 Å². The topological polar surface area (TPSA) is 20.7 Å². The molecule has 2 aromatic heterocycles. The van der Waals surface area contributed by atoms with Gasteiger partial charge in [0.15, 0.2) is 0 Å². The summed E-state index contributed by atoms with van der Waals surface area (Å²) < 4.78 is 2.45. The third kappa shape index (κ3) is 4.85. The van der Waals surface area contributed by atoms with Crippen molar-refractivity contribution in [2.24, 2.45) is 0 Å². The van der Waals surface area contributed by atoms with E-state index < -0.39 is 0 Å². The summed E-state index contributed by atoms with van der Waals surface area (Å²) in [5, 5.41) is 9.89. The number of benzene rings is 10. The summed E-state index contributed by atoms with van der Waals surface area (Å²) in [6, 6.07) is 77.8. The van der Waals surface area contributed by atoms with Crippen molar-refractivity contribution in [3.8, 4) is 50.2 Å². The van der Waals surface area contributed by atoms with Gasteiger partial charge in [-0.15, -0.1) is 0 Å². The van der Waals surface area contributed by atoms with E-state index in [1.165, 1.54) is 98.6 Å². The Morgan fingerprint density at radius 1 is 0.310 bits per heavy atom. The van der Waals surface area contributed by atoms with Gasteiger partial charge in [-0.05, 0) is 85.3 Å². The highest BCUT2D eigenvalue weighted by molar-refractivity contribution is 6.23. The third-order valence-electron chi connectivity index (χ3n) is 12.2. The predicted molar refractivity (Wildman–Crippen MR) is 247 cm³/mol. The van der Waals surface area contributed by atoms with Crippen LogP contribution in [-0.4, -0.2) is 9.55 Å². The van der Waals surface area contributed by atoms with E-state index in [2.05, 4.69) is 222 Å². The van der Waals surface area contributed by atoms with Crippen molar-refractivity contribution in [1.29, 1.82) is 0 Å². The van der Waals surface area contributed by atoms with Crippen molar-refractivity contribution in [1.82, 2.24) is 9.55 Å². The number of para-hydroxylation sites is 5. The molecule has 0 atom stereocenters. The first-order valence-electron chi connectivity index (χ1n) is 20.0. The summed E-state index contributed by atoms with van der Waals surface area (Å²) in [5.41, 5.74) is 15.6. The SMILES string of the molecule is c1ccc(-c2ccccc2-c2c3cccc(-c4cccc5c4[nH]c4ccccc45)c3cc3c(-c4cccc5c6ccccc6n(-c6ccccc6)c45)cccc23)cc1. The largest absolute Gasteiger partial charge is 0.354 e. The lowest BCUT2D eigenvalue weighted by molar-refractivity contribution is 1.18. The second-order valence-electron chi connectivity index (χ2n) is 15.3. The highest BCUT2D eigenvalue weighted by Gasteiger charge is 2.22. The lowest BCUT2D eigenvalue weighted by atomic mass is 9.84. The maximum absolute atomic E-state index is 3.81. The van der Waals surface area contributed by atoms with E-state index in [0.29, 0.717) is 0 Å².